The van der Waals surface area contributed by atoms with Crippen LogP contribution in [0.4, 0.5) is 0 Å². The Morgan fingerprint density at radius 3 is 2.71 bits per heavy atom. The predicted molar refractivity (Wildman–Crippen MR) is 90.3 cm³/mol. The van der Waals surface area contributed by atoms with E-state index in [1.54, 1.807) is 34.4 Å². The molecule has 0 saturated carbocycles. The predicted octanol–water partition coefficient (Wildman–Crippen LogP) is 3.82. The maximum Gasteiger partial charge on any atom is 0.125 e. The fourth-order valence-electron chi connectivity index (χ4n) is 2.01. The number of hydrogen-bond acceptors (Lipinski definition) is 7. The second-order valence-electron chi connectivity index (χ2n) is 4.38. The highest BCUT2D eigenvalue weighted by Gasteiger charge is 2.14. The summed E-state index contributed by atoms with van der Waals surface area (Å²) in [5.74, 6) is 1.06. The van der Waals surface area contributed by atoms with E-state index in [-0.39, 0.29) is 0 Å². The summed E-state index contributed by atoms with van der Waals surface area (Å²) in [6.45, 7) is 0.900. The highest BCUT2D eigenvalue weighted by atomic mass is 32.2. The van der Waals surface area contributed by atoms with E-state index in [2.05, 4.69) is 25.3 Å². The molecule has 0 radical (unpaired) electrons. The monoisotopic (exact) mass is 330 g/mol. The topological polar surface area (TPSA) is 51.0 Å². The summed E-state index contributed by atoms with van der Waals surface area (Å²) in [7, 11) is 0. The second-order valence-corrected chi connectivity index (χ2v) is 7.04. The van der Waals surface area contributed by atoms with Gasteiger partial charge in [0, 0.05) is 34.8 Å². The molecule has 0 N–H and O–H groups in total. The van der Waals surface area contributed by atoms with Gasteiger partial charge in [0.05, 0.1) is 16.9 Å². The standard InChI is InChI=1S/C14H10N4S3/c1-2-10(11-6-19-8-17-11)16-5-9(1)13-18-12(7-21-13)14-15-3-4-20-14/h1-2,5-8H,3-4H2. The highest BCUT2D eigenvalue weighted by Crippen LogP contribution is 2.28. The first-order valence-electron chi connectivity index (χ1n) is 6.38. The molecule has 0 aromatic carbocycles. The van der Waals surface area contributed by atoms with Crippen LogP contribution in [0, 0.1) is 0 Å². The van der Waals surface area contributed by atoms with Crippen LogP contribution >= 0.6 is 34.4 Å². The van der Waals surface area contributed by atoms with Crippen molar-refractivity contribution in [1.29, 1.82) is 0 Å². The molecule has 0 atom stereocenters. The van der Waals surface area contributed by atoms with Gasteiger partial charge in [-0.2, -0.15) is 0 Å². The van der Waals surface area contributed by atoms with Gasteiger partial charge in [-0.05, 0) is 12.1 Å². The molecule has 0 spiro atoms. The molecule has 1 aliphatic heterocycles. The molecule has 104 valence electrons. The summed E-state index contributed by atoms with van der Waals surface area (Å²) < 4.78 is 0. The third-order valence-corrected chi connectivity index (χ3v) is 5.49. The Balaban J connectivity index is 1.62. The molecule has 0 bridgehead atoms. The Morgan fingerprint density at radius 1 is 1.00 bits per heavy atom. The molecule has 21 heavy (non-hydrogen) atoms. The molecule has 1 aliphatic rings. The first-order valence-corrected chi connectivity index (χ1v) is 9.19. The first-order chi connectivity index (χ1) is 10.4. The largest absolute Gasteiger partial charge is 0.275 e. The number of nitrogens with zero attached hydrogens (tertiary/aromatic N) is 4. The van der Waals surface area contributed by atoms with E-state index in [1.165, 1.54) is 0 Å². The minimum absolute atomic E-state index is 0.896. The highest BCUT2D eigenvalue weighted by molar-refractivity contribution is 8.14. The van der Waals surface area contributed by atoms with E-state index in [0.29, 0.717) is 0 Å². The summed E-state index contributed by atoms with van der Waals surface area (Å²) in [5, 5.41) is 6.11. The fourth-order valence-corrected chi connectivity index (χ4v) is 4.23. The van der Waals surface area contributed by atoms with Gasteiger partial charge < -0.3 is 0 Å². The average molecular weight is 330 g/mol. The zero-order valence-electron chi connectivity index (χ0n) is 10.9. The van der Waals surface area contributed by atoms with Crippen LogP contribution in [0.3, 0.4) is 0 Å². The smallest absolute Gasteiger partial charge is 0.125 e. The van der Waals surface area contributed by atoms with Crippen molar-refractivity contribution >= 4 is 39.5 Å². The van der Waals surface area contributed by atoms with Gasteiger partial charge in [-0.3, -0.25) is 9.98 Å². The van der Waals surface area contributed by atoms with E-state index in [1.807, 2.05) is 29.2 Å². The number of pyridine rings is 1. The van der Waals surface area contributed by atoms with Gasteiger partial charge in [-0.25, -0.2) is 9.97 Å². The van der Waals surface area contributed by atoms with Crippen molar-refractivity contribution in [2.75, 3.05) is 12.3 Å². The maximum atomic E-state index is 4.67. The summed E-state index contributed by atoms with van der Waals surface area (Å²) in [5.41, 5.74) is 5.66. The lowest BCUT2D eigenvalue weighted by Crippen LogP contribution is -1.92. The molecule has 0 saturated heterocycles. The van der Waals surface area contributed by atoms with E-state index in [9.17, 15) is 0 Å². The fraction of sp³-hybridized carbons (Fsp3) is 0.143. The van der Waals surface area contributed by atoms with Gasteiger partial charge in [0.25, 0.3) is 0 Å². The molecular weight excluding hydrogens is 320 g/mol. The maximum absolute atomic E-state index is 4.67. The third kappa shape index (κ3) is 2.64. The van der Waals surface area contributed by atoms with Crippen LogP contribution in [0.1, 0.15) is 5.69 Å². The van der Waals surface area contributed by atoms with E-state index in [0.717, 1.165) is 45.0 Å². The minimum atomic E-state index is 0.896. The lowest BCUT2D eigenvalue weighted by Gasteiger charge is -1.98. The minimum Gasteiger partial charge on any atom is -0.275 e. The van der Waals surface area contributed by atoms with Crippen LogP contribution in [-0.2, 0) is 0 Å². The molecule has 4 rings (SSSR count). The van der Waals surface area contributed by atoms with Crippen LogP contribution in [0.25, 0.3) is 22.0 Å². The zero-order valence-corrected chi connectivity index (χ0v) is 13.3. The molecule has 4 nitrogen and oxygen atoms in total. The first kappa shape index (κ1) is 13.1. The van der Waals surface area contributed by atoms with Gasteiger partial charge in [-0.1, -0.05) is 0 Å². The number of thioether (sulfide) groups is 1. The Kier molecular flexibility index (Phi) is 3.54. The van der Waals surface area contributed by atoms with Crippen LogP contribution in [0.2, 0.25) is 0 Å². The summed E-state index contributed by atoms with van der Waals surface area (Å²) >= 11 is 4.99. The van der Waals surface area contributed by atoms with Crippen molar-refractivity contribution in [3.63, 3.8) is 0 Å². The van der Waals surface area contributed by atoms with Gasteiger partial charge in [0.1, 0.15) is 15.7 Å². The number of hydrogen-bond donors (Lipinski definition) is 0. The third-order valence-electron chi connectivity index (χ3n) is 3.01. The zero-order chi connectivity index (χ0) is 14.1. The Morgan fingerprint density at radius 2 is 2.00 bits per heavy atom. The summed E-state index contributed by atoms with van der Waals surface area (Å²) in [4.78, 5) is 17.9. The lowest BCUT2D eigenvalue weighted by molar-refractivity contribution is 1.17. The van der Waals surface area contributed by atoms with Crippen molar-refractivity contribution in [3.05, 3.63) is 40.3 Å². The quantitative estimate of drug-likeness (QED) is 0.732. The number of rotatable bonds is 3. The normalized spacial score (nSPS) is 14.4. The van der Waals surface area contributed by atoms with Crippen molar-refractivity contribution < 1.29 is 0 Å². The molecule has 4 heterocycles. The molecular formula is C14H10N4S3. The Hall–Kier alpha value is -1.57. The Labute approximate surface area is 134 Å². The second kappa shape index (κ2) is 5.67. The van der Waals surface area contributed by atoms with Crippen molar-refractivity contribution in [1.82, 2.24) is 15.0 Å². The number of aromatic nitrogens is 3. The molecule has 0 amide bonds. The van der Waals surface area contributed by atoms with Crippen LogP contribution in [-0.4, -0.2) is 32.3 Å². The van der Waals surface area contributed by atoms with Crippen LogP contribution in [0.15, 0.2) is 39.6 Å². The van der Waals surface area contributed by atoms with E-state index >= 15 is 0 Å². The van der Waals surface area contributed by atoms with Crippen LogP contribution in [0.5, 0.6) is 0 Å². The van der Waals surface area contributed by atoms with Crippen molar-refractivity contribution in [2.24, 2.45) is 4.99 Å². The molecule has 3 aromatic rings. The number of thiazole rings is 2. The van der Waals surface area contributed by atoms with Crippen molar-refractivity contribution in [3.8, 4) is 22.0 Å². The van der Waals surface area contributed by atoms with Crippen molar-refractivity contribution in [2.45, 2.75) is 0 Å². The summed E-state index contributed by atoms with van der Waals surface area (Å²) in [6, 6.07) is 4.04. The van der Waals surface area contributed by atoms with Gasteiger partial charge in [0.2, 0.25) is 0 Å². The van der Waals surface area contributed by atoms with Gasteiger partial charge >= 0.3 is 0 Å². The lowest BCUT2D eigenvalue weighted by atomic mass is 10.2. The molecule has 3 aromatic heterocycles. The molecule has 0 unspecified atom stereocenters. The average Bonchev–Trinajstić information content (AvgIpc) is 3.27. The van der Waals surface area contributed by atoms with Gasteiger partial charge in [-0.15, -0.1) is 34.4 Å². The number of aliphatic imine (C=N–C) groups is 1. The molecule has 7 heteroatoms. The summed E-state index contributed by atoms with van der Waals surface area (Å²) in [6.07, 6.45) is 1.86. The SMILES string of the molecule is c1nc(-c2ccc(-c3nc(C4=NCCS4)cs3)cn2)cs1. The Bertz CT molecular complexity index is 775. The van der Waals surface area contributed by atoms with Gasteiger partial charge in [0.15, 0.2) is 0 Å². The van der Waals surface area contributed by atoms with E-state index < -0.39 is 0 Å². The van der Waals surface area contributed by atoms with E-state index in [4.69, 9.17) is 0 Å². The molecule has 0 fully saturated rings. The molecule has 0 aliphatic carbocycles. The van der Waals surface area contributed by atoms with Crippen LogP contribution < -0.4 is 0 Å².